The van der Waals surface area contributed by atoms with Crippen LogP contribution in [0.1, 0.15) is 67.2 Å². The first-order valence-electron chi connectivity index (χ1n) is 10.1. The fourth-order valence-corrected chi connectivity index (χ4v) is 5.10. The zero-order chi connectivity index (χ0) is 20.7. The van der Waals surface area contributed by atoms with Gasteiger partial charge in [0, 0.05) is 6.42 Å². The molecular weight excluding hydrogens is 360 g/mol. The average molecular weight is 399 g/mol. The molecular formula is C21H38O5Si. The van der Waals surface area contributed by atoms with Gasteiger partial charge in [-0.15, -0.1) is 0 Å². The molecule has 0 aromatic heterocycles. The van der Waals surface area contributed by atoms with Gasteiger partial charge in [-0.2, -0.15) is 0 Å². The number of carbonyl (C=O) groups excluding carboxylic acids is 1. The zero-order valence-corrected chi connectivity index (χ0v) is 19.6. The molecule has 0 unspecified atom stereocenters. The first-order chi connectivity index (χ1) is 12.2. The smallest absolute Gasteiger partial charge is 0.373 e. The molecule has 156 valence electrons. The van der Waals surface area contributed by atoms with Crippen molar-refractivity contribution in [2.45, 2.75) is 103 Å². The minimum atomic E-state index is -2.13. The second kappa shape index (κ2) is 7.52. The molecule has 0 spiro atoms. The lowest BCUT2D eigenvalue weighted by molar-refractivity contribution is -0.258. The number of rotatable bonds is 4. The van der Waals surface area contributed by atoms with Crippen LogP contribution in [-0.4, -0.2) is 38.9 Å². The summed E-state index contributed by atoms with van der Waals surface area (Å²) in [5.74, 6) is -1.02. The largest absolute Gasteiger partial charge is 0.463 e. The van der Waals surface area contributed by atoms with Crippen LogP contribution in [0.5, 0.6) is 0 Å². The van der Waals surface area contributed by atoms with Crippen LogP contribution in [0, 0.1) is 5.92 Å². The third-order valence-electron chi connectivity index (χ3n) is 5.96. The Labute approximate surface area is 165 Å². The van der Waals surface area contributed by atoms with Crippen molar-refractivity contribution in [3.63, 3.8) is 0 Å². The van der Waals surface area contributed by atoms with Crippen molar-refractivity contribution in [3.05, 3.63) is 11.8 Å². The Kier molecular flexibility index (Phi) is 6.25. The number of hydrogen-bond acceptors (Lipinski definition) is 5. The van der Waals surface area contributed by atoms with Gasteiger partial charge in [-0.3, -0.25) is 0 Å². The first-order valence-corrected chi connectivity index (χ1v) is 13.0. The topological polar surface area (TPSA) is 54.0 Å². The summed E-state index contributed by atoms with van der Waals surface area (Å²) in [5, 5.41) is 0.0417. The highest BCUT2D eigenvalue weighted by Gasteiger charge is 2.56. The van der Waals surface area contributed by atoms with Crippen molar-refractivity contribution in [2.24, 2.45) is 5.92 Å². The third kappa shape index (κ3) is 4.95. The van der Waals surface area contributed by atoms with Gasteiger partial charge in [0.15, 0.2) is 8.32 Å². The van der Waals surface area contributed by atoms with E-state index in [4.69, 9.17) is 18.6 Å². The van der Waals surface area contributed by atoms with E-state index in [0.29, 0.717) is 0 Å². The van der Waals surface area contributed by atoms with E-state index in [-0.39, 0.29) is 28.4 Å². The van der Waals surface area contributed by atoms with Crippen molar-refractivity contribution < 1.29 is 23.4 Å². The molecule has 0 aromatic rings. The summed E-state index contributed by atoms with van der Waals surface area (Å²) in [6, 6.07) is 0. The monoisotopic (exact) mass is 398 g/mol. The Morgan fingerprint density at radius 2 is 1.81 bits per heavy atom. The zero-order valence-electron chi connectivity index (χ0n) is 18.6. The van der Waals surface area contributed by atoms with Gasteiger partial charge in [-0.25, -0.2) is 4.79 Å². The number of hydrogen-bond donors (Lipinski definition) is 0. The maximum absolute atomic E-state index is 12.3. The van der Waals surface area contributed by atoms with Gasteiger partial charge in [0.1, 0.15) is 0 Å². The molecule has 1 heterocycles. The molecule has 0 N–H and O–H groups in total. The van der Waals surface area contributed by atoms with Crippen LogP contribution in [0.3, 0.4) is 0 Å². The normalized spacial score (nSPS) is 29.4. The fraction of sp³-hybridized carbons (Fsp3) is 0.857. The summed E-state index contributed by atoms with van der Waals surface area (Å²) in [6.07, 6.45) is 5.41. The Bertz CT molecular complexity index is 584. The van der Waals surface area contributed by atoms with Crippen LogP contribution in [0.25, 0.3) is 0 Å². The van der Waals surface area contributed by atoms with Gasteiger partial charge >= 0.3 is 5.97 Å². The first kappa shape index (κ1) is 22.4. The summed E-state index contributed by atoms with van der Waals surface area (Å²) < 4.78 is 24.5. The van der Waals surface area contributed by atoms with Crippen LogP contribution in [-0.2, 0) is 23.4 Å². The van der Waals surface area contributed by atoms with E-state index in [1.807, 2.05) is 20.8 Å². The average Bonchev–Trinajstić information content (AvgIpc) is 2.50. The number of carbonyl (C=O) groups is 1. The molecule has 1 aliphatic carbocycles. The van der Waals surface area contributed by atoms with E-state index in [9.17, 15) is 4.79 Å². The van der Waals surface area contributed by atoms with E-state index < -0.39 is 20.1 Å². The van der Waals surface area contributed by atoms with Crippen molar-refractivity contribution in [1.29, 1.82) is 0 Å². The van der Waals surface area contributed by atoms with Gasteiger partial charge < -0.3 is 18.6 Å². The van der Waals surface area contributed by atoms with E-state index >= 15 is 0 Å². The van der Waals surface area contributed by atoms with Gasteiger partial charge in [0.05, 0.1) is 24.7 Å². The third-order valence-corrected chi connectivity index (χ3v) is 10.4. The maximum atomic E-state index is 12.3. The van der Waals surface area contributed by atoms with Crippen LogP contribution < -0.4 is 0 Å². The van der Waals surface area contributed by atoms with E-state index in [1.165, 1.54) is 7.11 Å². The lowest BCUT2D eigenvalue weighted by Crippen LogP contribution is -2.60. The highest BCUT2D eigenvalue weighted by molar-refractivity contribution is 6.74. The minimum absolute atomic E-state index is 0.0417. The number of fused-ring (bicyclic) bond motifs is 1. The molecule has 1 fully saturated rings. The van der Waals surface area contributed by atoms with E-state index in [0.717, 1.165) is 25.7 Å². The van der Waals surface area contributed by atoms with Crippen LogP contribution in [0.4, 0.5) is 0 Å². The predicted molar refractivity (Wildman–Crippen MR) is 109 cm³/mol. The molecule has 2 aliphatic rings. The second-order valence-electron chi connectivity index (χ2n) is 10.3. The maximum Gasteiger partial charge on any atom is 0.373 e. The molecule has 0 saturated heterocycles. The predicted octanol–water partition coefficient (Wildman–Crippen LogP) is 5.17. The molecule has 2 rings (SSSR count). The van der Waals surface area contributed by atoms with E-state index in [2.05, 4.69) is 33.9 Å². The Hall–Kier alpha value is -0.853. The van der Waals surface area contributed by atoms with Crippen molar-refractivity contribution >= 4 is 14.3 Å². The van der Waals surface area contributed by atoms with Crippen LogP contribution in [0.15, 0.2) is 11.8 Å². The van der Waals surface area contributed by atoms with Crippen molar-refractivity contribution in [1.82, 2.24) is 0 Å². The van der Waals surface area contributed by atoms with Gasteiger partial charge in [0.2, 0.25) is 11.5 Å². The Morgan fingerprint density at radius 3 is 2.33 bits per heavy atom. The van der Waals surface area contributed by atoms with Gasteiger partial charge in [0.25, 0.3) is 0 Å². The summed E-state index contributed by atoms with van der Waals surface area (Å²) >= 11 is 0. The molecule has 0 bridgehead atoms. The summed E-state index contributed by atoms with van der Waals surface area (Å²) in [6.45, 7) is 17.2. The lowest BCUT2D eigenvalue weighted by Gasteiger charge is -2.54. The van der Waals surface area contributed by atoms with Gasteiger partial charge in [-0.1, -0.05) is 27.2 Å². The molecule has 0 aromatic carbocycles. The molecule has 27 heavy (non-hydrogen) atoms. The molecule has 0 radical (unpaired) electrons. The molecule has 1 aliphatic heterocycles. The molecule has 3 atom stereocenters. The minimum Gasteiger partial charge on any atom is -0.463 e. The van der Waals surface area contributed by atoms with Crippen molar-refractivity contribution in [2.75, 3.05) is 7.11 Å². The molecule has 6 heteroatoms. The second-order valence-corrected chi connectivity index (χ2v) is 15.1. The lowest BCUT2D eigenvalue weighted by atomic mass is 9.78. The Balaban J connectivity index is 2.48. The summed E-state index contributed by atoms with van der Waals surface area (Å²) in [5.41, 5.74) is -0.333. The van der Waals surface area contributed by atoms with Crippen molar-refractivity contribution in [3.8, 4) is 0 Å². The number of esters is 1. The number of ether oxygens (including phenoxy) is 3. The quantitative estimate of drug-likeness (QED) is 0.483. The SMILES string of the molecule is COC(=O)C1=C[C@H](OC(C)(C)C)[C@@H]2CCCC[C@]2(O[Si](C)(C)C(C)(C)C)O1. The molecule has 1 saturated carbocycles. The summed E-state index contributed by atoms with van der Waals surface area (Å²) in [7, 11) is -0.757. The molecule has 5 nitrogen and oxygen atoms in total. The summed E-state index contributed by atoms with van der Waals surface area (Å²) in [4.78, 5) is 12.3. The van der Waals surface area contributed by atoms with Gasteiger partial charge in [-0.05, 0) is 57.8 Å². The van der Waals surface area contributed by atoms with Crippen LogP contribution in [0.2, 0.25) is 18.1 Å². The molecule has 0 amide bonds. The van der Waals surface area contributed by atoms with Crippen LogP contribution >= 0.6 is 0 Å². The highest BCUT2D eigenvalue weighted by atomic mass is 28.4. The fourth-order valence-electron chi connectivity index (χ4n) is 3.63. The number of methoxy groups -OCH3 is 1. The highest BCUT2D eigenvalue weighted by Crippen LogP contribution is 2.50. The standard InChI is InChI=1S/C21H38O5Si/c1-19(2,3)24-16-14-17(18(22)23-7)25-21(13-11-10-12-15(16)21)26-27(8,9)20(4,5)6/h14-16H,10-13H2,1-9H3/t15-,16-,21+/m0/s1. The van der Waals surface area contributed by atoms with E-state index in [1.54, 1.807) is 6.08 Å². The Morgan fingerprint density at radius 1 is 1.19 bits per heavy atom.